The minimum Gasteiger partial charge on any atom is -0.867 e. The Labute approximate surface area is 848 Å². The highest BCUT2D eigenvalue weighted by Gasteiger charge is 2.16. The summed E-state index contributed by atoms with van der Waals surface area (Å²) in [4.78, 5) is 0. The van der Waals surface area contributed by atoms with Crippen LogP contribution in [0.3, 0.4) is 0 Å². The molecule has 0 bridgehead atoms. The third kappa shape index (κ3) is 78.0. The normalized spacial score (nSPS) is 12.4. The van der Waals surface area contributed by atoms with Crippen molar-refractivity contribution < 1.29 is 141 Å². The molecule has 12 atom stereocenters. The van der Waals surface area contributed by atoms with Gasteiger partial charge in [-0.3, -0.25) is 68.8 Å². The fourth-order valence-corrected chi connectivity index (χ4v) is 10.5. The topological polar surface area (TPSA) is 695 Å². The first kappa shape index (κ1) is 144. The number of aryl methyl sites for hydroxylation is 12. The standard InChI is InChI=1S/12C7H14N3.6BFO2/c12*1-3-7(8)10-5-4-9(2)6-10;6*2-1(3)4/h12*4-7H,3,8H2,1-2H3;;;;;;/q12*+1;6*-2. The molecule has 12 aromatic rings. The third-order valence-corrected chi connectivity index (χ3v) is 19.1. The fourth-order valence-electron chi connectivity index (χ4n) is 10.5. The van der Waals surface area contributed by atoms with Gasteiger partial charge in [-0.15, -0.1) is 0 Å². The van der Waals surface area contributed by atoms with Gasteiger partial charge in [0.25, 0.3) is 0 Å². The summed E-state index contributed by atoms with van der Waals surface area (Å²) in [7, 11) is 4.82. The van der Waals surface area contributed by atoms with Crippen LogP contribution in [-0.4, -0.2) is 99.2 Å². The molecule has 0 radical (unpaired) electrons. The second-order valence-electron chi connectivity index (χ2n) is 31.7. The number of nitrogens with two attached hydrogens (primary N) is 12. The molecular formula is C84H168B6F6N36O12. The molecule has 12 unspecified atom stereocenters. The minimum absolute atomic E-state index is 0.126. The van der Waals surface area contributed by atoms with Crippen LogP contribution in [0.2, 0.25) is 0 Å². The molecule has 0 saturated heterocycles. The van der Waals surface area contributed by atoms with Gasteiger partial charge >= 0.3 is 0 Å². The smallest absolute Gasteiger partial charge is 0.244 e. The van der Waals surface area contributed by atoms with Crippen LogP contribution in [0, 0.1) is 0 Å². The largest absolute Gasteiger partial charge is 0.867 e. The van der Waals surface area contributed by atoms with E-state index in [1.165, 1.54) is 0 Å². The van der Waals surface area contributed by atoms with Crippen LogP contribution in [0.25, 0.3) is 0 Å². The highest BCUT2D eigenvalue weighted by Crippen LogP contribution is 2.08. The van der Waals surface area contributed by atoms with Crippen molar-refractivity contribution in [3.8, 4) is 0 Å². The average molecular weight is 2050 g/mol. The quantitative estimate of drug-likeness (QED) is 0.0152. The Bertz CT molecular complexity index is 3850. The molecule has 0 amide bonds. The number of imidazole rings is 12. The average Bonchev–Trinajstić information content (AvgIpc) is 1.87. The van der Waals surface area contributed by atoms with E-state index in [2.05, 4.69) is 83.1 Å². The van der Waals surface area contributed by atoms with Crippen molar-refractivity contribution in [1.29, 1.82) is 0 Å². The number of hydrogen-bond acceptors (Lipinski definition) is 24. The molecule has 0 aliphatic rings. The Morgan fingerprint density at radius 3 is 0.236 bits per heavy atom. The highest BCUT2D eigenvalue weighted by molar-refractivity contribution is 6.28. The number of halogens is 6. The zero-order valence-corrected chi connectivity index (χ0v) is 88.5. The maximum Gasteiger partial charge on any atom is 0.244 e. The lowest BCUT2D eigenvalue weighted by Crippen LogP contribution is -2.39. The lowest BCUT2D eigenvalue weighted by atomic mass is 10.3. The van der Waals surface area contributed by atoms with Crippen LogP contribution >= 0.6 is 0 Å². The monoisotopic (exact) mass is 2050 g/mol. The van der Waals surface area contributed by atoms with Gasteiger partial charge in [0.2, 0.25) is 75.9 Å². The molecular weight excluding hydrogens is 1880 g/mol. The summed E-state index contributed by atoms with van der Waals surface area (Å²) >= 11 is 0. The fraction of sp³-hybridized carbons (Fsp3) is 0.571. The Morgan fingerprint density at radius 2 is 0.208 bits per heavy atom. The van der Waals surface area contributed by atoms with Gasteiger partial charge in [-0.25, -0.2) is 110 Å². The molecule has 0 aromatic carbocycles. The maximum atomic E-state index is 9.89. The number of nitrogens with zero attached hydrogens (tertiary/aromatic N) is 24. The first-order valence-corrected chi connectivity index (χ1v) is 46.4. The van der Waals surface area contributed by atoms with Gasteiger partial charge in [0.05, 0.1) is 84.6 Å². The van der Waals surface area contributed by atoms with Crippen LogP contribution in [-0.2, 0) is 84.6 Å². The Hall–Kier alpha value is -10.5. The first-order valence-electron chi connectivity index (χ1n) is 46.4. The van der Waals surface area contributed by atoms with Gasteiger partial charge in [-0.05, 0) is 77.0 Å². The summed E-state index contributed by atoms with van der Waals surface area (Å²) in [6.45, 7) is 24.9. The van der Waals surface area contributed by atoms with Crippen LogP contribution < -0.4 is 184 Å². The predicted octanol–water partition coefficient (Wildman–Crippen LogP) is -11.9. The van der Waals surface area contributed by atoms with Gasteiger partial charge in [0.1, 0.15) is 267 Å². The van der Waals surface area contributed by atoms with Crippen molar-refractivity contribution in [2.45, 2.75) is 234 Å². The summed E-state index contributed by atoms with van der Waals surface area (Å²) in [5.74, 6) is 0. The van der Waals surface area contributed by atoms with Crippen molar-refractivity contribution >= 4 is 44.4 Å². The maximum absolute atomic E-state index is 9.89. The van der Waals surface area contributed by atoms with Gasteiger partial charge in [-0.2, -0.15) is 0 Å². The van der Waals surface area contributed by atoms with Gasteiger partial charge < -0.3 is 86.2 Å². The van der Waals surface area contributed by atoms with Crippen molar-refractivity contribution in [1.82, 2.24) is 54.8 Å². The molecule has 12 rings (SSSR count). The molecule has 60 heteroatoms. The van der Waals surface area contributed by atoms with Crippen LogP contribution in [0.4, 0.5) is 25.9 Å². The molecule has 0 spiro atoms. The molecule has 816 valence electrons. The van der Waals surface area contributed by atoms with E-state index in [4.69, 9.17) is 129 Å². The van der Waals surface area contributed by atoms with Gasteiger partial charge in [0, 0.05) is 0 Å². The Kier molecular flexibility index (Phi) is 85.9. The second kappa shape index (κ2) is 85.7. The molecule has 0 fully saturated rings. The third-order valence-electron chi connectivity index (χ3n) is 19.1. The van der Waals surface area contributed by atoms with E-state index in [9.17, 15) is 25.9 Å². The van der Waals surface area contributed by atoms with Crippen LogP contribution in [0.1, 0.15) is 234 Å². The summed E-state index contributed by atoms with van der Waals surface area (Å²) in [6.07, 6.45) is 84.4. The molecule has 12 heterocycles. The number of hydrogen-bond donors (Lipinski definition) is 12. The summed E-state index contributed by atoms with van der Waals surface area (Å²) in [6, 6.07) is 0. The highest BCUT2D eigenvalue weighted by atomic mass is 19.1. The predicted molar refractivity (Wildman–Crippen MR) is 511 cm³/mol. The molecule has 12 aromatic heterocycles. The molecule has 0 saturated carbocycles. The minimum atomic E-state index is -3.17. The molecule has 48 nitrogen and oxygen atoms in total. The van der Waals surface area contributed by atoms with Crippen molar-refractivity contribution in [3.63, 3.8) is 0 Å². The van der Waals surface area contributed by atoms with Crippen molar-refractivity contribution in [2.24, 2.45) is 153 Å². The SMILES string of the molecule is CCC(N)n1cc[n+](C)c1.CCC(N)n1cc[n+](C)c1.CCC(N)n1cc[n+](C)c1.CCC(N)n1cc[n+](C)c1.CCC(N)n1cc[n+](C)c1.CCC(N)n1cc[n+](C)c1.CCC(N)n1cc[n+](C)c1.CCC(N)n1cc[n+](C)c1.CCC(N)n1cc[n+](C)c1.CCC(N)n1cc[n+](C)c1.CCC(N)n1cc[n+](C)c1.CCC(N)n1cc[n+](C)c1.[O-]B([O-])F.[O-]B([O-])F.[O-]B([O-])F.[O-]B([O-])F.[O-]B([O-])F.[O-]B([O-])F. The van der Waals surface area contributed by atoms with Crippen molar-refractivity contribution in [3.05, 3.63) is 225 Å². The zero-order valence-electron chi connectivity index (χ0n) is 88.5. The number of rotatable bonds is 24. The van der Waals surface area contributed by atoms with E-state index in [-0.39, 0.29) is 74.0 Å². The van der Waals surface area contributed by atoms with Gasteiger partial charge in [0.15, 0.2) is 0 Å². The molecule has 0 aliphatic heterocycles. The molecule has 24 N–H and O–H groups in total. The van der Waals surface area contributed by atoms with Crippen molar-refractivity contribution in [2.75, 3.05) is 0 Å². The lowest BCUT2D eigenvalue weighted by molar-refractivity contribution is -0.671. The summed E-state index contributed by atoms with van der Waals surface area (Å²) in [5, 5.41) is 99.7. The summed E-state index contributed by atoms with van der Waals surface area (Å²) < 4.78 is 107. The number of aromatic nitrogens is 24. The van der Waals surface area contributed by atoms with E-state index in [0.717, 1.165) is 77.0 Å². The van der Waals surface area contributed by atoms with Gasteiger partial charge in [-0.1, -0.05) is 83.1 Å². The van der Waals surface area contributed by atoms with E-state index < -0.39 is 44.4 Å². The molecule has 144 heavy (non-hydrogen) atoms. The van der Waals surface area contributed by atoms with E-state index in [1.807, 2.05) is 419 Å². The van der Waals surface area contributed by atoms with E-state index in [1.54, 1.807) is 0 Å². The lowest BCUT2D eigenvalue weighted by Gasteiger charge is -2.09. The van der Waals surface area contributed by atoms with Crippen LogP contribution in [0.5, 0.6) is 0 Å². The second-order valence-corrected chi connectivity index (χ2v) is 31.7. The van der Waals surface area contributed by atoms with Crippen LogP contribution in [0.15, 0.2) is 225 Å². The summed E-state index contributed by atoms with van der Waals surface area (Å²) in [5.41, 5.74) is 69.1. The van der Waals surface area contributed by atoms with E-state index in [0.29, 0.717) is 0 Å². The first-order chi connectivity index (χ1) is 67.2. The molecule has 0 aliphatic carbocycles. The zero-order chi connectivity index (χ0) is 112. The Morgan fingerprint density at radius 1 is 0.160 bits per heavy atom. The van der Waals surface area contributed by atoms with E-state index >= 15 is 0 Å². The Balaban J connectivity index is -0.000000353.